The molecule has 0 saturated carbocycles. The standard InChI is InChI=1S/C24H21ClN4OS2/c25-19-8-6-17(7-9-19)20-15-31-22(26-20)14-28-10-12-29(13-11-28)24(30)21-16-32-23(27-21)18-4-2-1-3-5-18/h1-9,15-16H,10-14H2. The molecule has 0 bridgehead atoms. The van der Waals surface area contributed by atoms with Crippen LogP contribution in [0.25, 0.3) is 21.8 Å². The maximum absolute atomic E-state index is 12.9. The first-order chi connectivity index (χ1) is 15.7. The molecule has 0 spiro atoms. The van der Waals surface area contributed by atoms with Gasteiger partial charge in [0.2, 0.25) is 0 Å². The molecule has 5 nitrogen and oxygen atoms in total. The number of halogens is 1. The van der Waals surface area contributed by atoms with Crippen molar-refractivity contribution in [2.24, 2.45) is 0 Å². The highest BCUT2D eigenvalue weighted by Crippen LogP contribution is 2.26. The van der Waals surface area contributed by atoms with E-state index in [1.54, 1.807) is 11.3 Å². The molecule has 3 heterocycles. The molecule has 0 unspecified atom stereocenters. The Hall–Kier alpha value is -2.58. The summed E-state index contributed by atoms with van der Waals surface area (Å²) in [7, 11) is 0. The smallest absolute Gasteiger partial charge is 0.273 e. The van der Waals surface area contributed by atoms with E-state index in [-0.39, 0.29) is 5.91 Å². The van der Waals surface area contributed by atoms with E-state index in [1.165, 1.54) is 11.3 Å². The zero-order valence-electron chi connectivity index (χ0n) is 17.3. The van der Waals surface area contributed by atoms with Gasteiger partial charge in [-0.15, -0.1) is 22.7 Å². The fourth-order valence-electron chi connectivity index (χ4n) is 3.68. The summed E-state index contributed by atoms with van der Waals surface area (Å²) in [5.41, 5.74) is 3.64. The Bertz CT molecular complexity index is 1200. The van der Waals surface area contributed by atoms with E-state index in [0.717, 1.165) is 51.5 Å². The molecule has 2 aromatic heterocycles. The van der Waals surface area contributed by atoms with Crippen molar-refractivity contribution in [2.45, 2.75) is 6.54 Å². The molecular weight excluding hydrogens is 460 g/mol. The molecule has 4 aromatic rings. The molecule has 0 atom stereocenters. The van der Waals surface area contributed by atoms with Crippen molar-refractivity contribution in [3.8, 4) is 21.8 Å². The molecule has 32 heavy (non-hydrogen) atoms. The van der Waals surface area contributed by atoms with E-state index in [1.807, 2.05) is 64.9 Å². The minimum atomic E-state index is 0.0161. The third-order valence-electron chi connectivity index (χ3n) is 5.45. The van der Waals surface area contributed by atoms with Crippen molar-refractivity contribution in [1.82, 2.24) is 19.8 Å². The van der Waals surface area contributed by atoms with Gasteiger partial charge in [-0.3, -0.25) is 9.69 Å². The summed E-state index contributed by atoms with van der Waals surface area (Å²) in [5.74, 6) is 0.0161. The van der Waals surface area contributed by atoms with Gasteiger partial charge in [0.15, 0.2) is 0 Å². The Morgan fingerprint density at radius 1 is 0.875 bits per heavy atom. The molecule has 162 valence electrons. The molecule has 1 saturated heterocycles. The van der Waals surface area contributed by atoms with Crippen LogP contribution in [0.3, 0.4) is 0 Å². The molecule has 1 aliphatic heterocycles. The van der Waals surface area contributed by atoms with Crippen molar-refractivity contribution in [3.05, 3.63) is 81.1 Å². The zero-order chi connectivity index (χ0) is 21.9. The summed E-state index contributed by atoms with van der Waals surface area (Å²) < 4.78 is 0. The number of aromatic nitrogens is 2. The van der Waals surface area contributed by atoms with Crippen molar-refractivity contribution >= 4 is 40.2 Å². The summed E-state index contributed by atoms with van der Waals surface area (Å²) in [6.45, 7) is 3.86. The van der Waals surface area contributed by atoms with E-state index >= 15 is 0 Å². The Morgan fingerprint density at radius 3 is 2.38 bits per heavy atom. The fraction of sp³-hybridized carbons (Fsp3) is 0.208. The van der Waals surface area contributed by atoms with Crippen molar-refractivity contribution in [2.75, 3.05) is 26.2 Å². The number of thiazole rings is 2. The van der Waals surface area contributed by atoms with Crippen LogP contribution in [0.5, 0.6) is 0 Å². The van der Waals surface area contributed by atoms with Crippen molar-refractivity contribution in [1.29, 1.82) is 0 Å². The van der Waals surface area contributed by atoms with E-state index in [9.17, 15) is 4.79 Å². The maximum atomic E-state index is 12.9. The first-order valence-corrected chi connectivity index (χ1v) is 12.5. The van der Waals surface area contributed by atoms with Gasteiger partial charge in [-0.2, -0.15) is 0 Å². The second kappa shape index (κ2) is 9.50. The van der Waals surface area contributed by atoms with Crippen molar-refractivity contribution in [3.63, 3.8) is 0 Å². The third kappa shape index (κ3) is 4.76. The molecule has 1 aliphatic rings. The Labute approximate surface area is 199 Å². The molecule has 5 rings (SSSR count). The van der Waals surface area contributed by atoms with Gasteiger partial charge in [0.1, 0.15) is 15.7 Å². The predicted molar refractivity (Wildman–Crippen MR) is 131 cm³/mol. The highest BCUT2D eigenvalue weighted by Gasteiger charge is 2.24. The van der Waals surface area contributed by atoms with Gasteiger partial charge in [-0.05, 0) is 12.1 Å². The van der Waals surface area contributed by atoms with E-state index < -0.39 is 0 Å². The predicted octanol–water partition coefficient (Wildman–Crippen LogP) is 5.55. The van der Waals surface area contributed by atoms with E-state index in [0.29, 0.717) is 18.8 Å². The largest absolute Gasteiger partial charge is 0.335 e. The number of carbonyl (C=O) groups excluding carboxylic acids is 1. The average Bonchev–Trinajstić information content (AvgIpc) is 3.51. The van der Waals surface area contributed by atoms with Gasteiger partial charge in [-0.25, -0.2) is 9.97 Å². The summed E-state index contributed by atoms with van der Waals surface area (Å²) in [5, 5.41) is 6.65. The van der Waals surface area contributed by atoms with Gasteiger partial charge in [0.05, 0.1) is 12.2 Å². The molecular formula is C24H21ClN4OS2. The molecule has 0 radical (unpaired) electrons. The summed E-state index contributed by atoms with van der Waals surface area (Å²) in [6, 6.07) is 17.7. The normalized spacial score (nSPS) is 14.6. The van der Waals surface area contributed by atoms with Crippen LogP contribution in [-0.2, 0) is 6.54 Å². The van der Waals surface area contributed by atoms with Crippen LogP contribution in [0.15, 0.2) is 65.4 Å². The molecule has 8 heteroatoms. The lowest BCUT2D eigenvalue weighted by Crippen LogP contribution is -2.48. The lowest BCUT2D eigenvalue weighted by molar-refractivity contribution is 0.0623. The second-order valence-electron chi connectivity index (χ2n) is 7.61. The number of hydrogen-bond donors (Lipinski definition) is 0. The fourth-order valence-corrected chi connectivity index (χ4v) is 5.46. The van der Waals surface area contributed by atoms with Crippen LogP contribution in [0.1, 0.15) is 15.5 Å². The van der Waals surface area contributed by atoms with Gasteiger partial charge >= 0.3 is 0 Å². The van der Waals surface area contributed by atoms with Crippen LogP contribution in [0.4, 0.5) is 0 Å². The van der Waals surface area contributed by atoms with Gasteiger partial charge < -0.3 is 4.90 Å². The highest BCUT2D eigenvalue weighted by atomic mass is 35.5. The summed E-state index contributed by atoms with van der Waals surface area (Å²) in [6.07, 6.45) is 0. The second-order valence-corrected chi connectivity index (χ2v) is 9.84. The lowest BCUT2D eigenvalue weighted by Gasteiger charge is -2.33. The SMILES string of the molecule is O=C(c1csc(-c2ccccc2)n1)N1CCN(Cc2nc(-c3ccc(Cl)cc3)cs2)CC1. The van der Waals surface area contributed by atoms with Crippen LogP contribution >= 0.6 is 34.3 Å². The Kier molecular flexibility index (Phi) is 6.32. The van der Waals surface area contributed by atoms with Crippen LogP contribution in [-0.4, -0.2) is 51.9 Å². The number of carbonyl (C=O) groups is 1. The van der Waals surface area contributed by atoms with Crippen LogP contribution < -0.4 is 0 Å². The van der Waals surface area contributed by atoms with Gasteiger partial charge in [0.25, 0.3) is 5.91 Å². The quantitative estimate of drug-likeness (QED) is 0.376. The minimum absolute atomic E-state index is 0.0161. The molecule has 2 aromatic carbocycles. The number of benzene rings is 2. The number of amides is 1. The minimum Gasteiger partial charge on any atom is -0.335 e. The van der Waals surface area contributed by atoms with Crippen molar-refractivity contribution < 1.29 is 4.79 Å². The molecule has 1 fully saturated rings. The lowest BCUT2D eigenvalue weighted by atomic mass is 10.2. The Morgan fingerprint density at radius 2 is 1.62 bits per heavy atom. The van der Waals surface area contributed by atoms with Crippen LogP contribution in [0, 0.1) is 0 Å². The third-order valence-corrected chi connectivity index (χ3v) is 7.43. The number of piperazine rings is 1. The van der Waals surface area contributed by atoms with Gasteiger partial charge in [-0.1, -0.05) is 54.1 Å². The average molecular weight is 481 g/mol. The van der Waals surface area contributed by atoms with Crippen LogP contribution in [0.2, 0.25) is 5.02 Å². The number of rotatable bonds is 5. The Balaban J connectivity index is 1.17. The molecule has 0 aliphatic carbocycles. The summed E-state index contributed by atoms with van der Waals surface area (Å²) in [4.78, 5) is 26.5. The van der Waals surface area contributed by atoms with Gasteiger partial charge in [0, 0.05) is 53.1 Å². The first-order valence-electron chi connectivity index (χ1n) is 10.4. The monoisotopic (exact) mass is 480 g/mol. The maximum Gasteiger partial charge on any atom is 0.273 e. The zero-order valence-corrected chi connectivity index (χ0v) is 19.7. The number of hydrogen-bond acceptors (Lipinski definition) is 6. The topological polar surface area (TPSA) is 49.3 Å². The van der Waals surface area contributed by atoms with E-state index in [2.05, 4.69) is 15.3 Å². The summed E-state index contributed by atoms with van der Waals surface area (Å²) >= 11 is 9.17. The molecule has 0 N–H and O–H groups in total. The molecule has 1 amide bonds. The first kappa shape index (κ1) is 21.3. The van der Waals surface area contributed by atoms with E-state index in [4.69, 9.17) is 16.6 Å². The number of nitrogens with zero attached hydrogens (tertiary/aromatic N) is 4. The highest BCUT2D eigenvalue weighted by molar-refractivity contribution is 7.13.